The minimum Gasteiger partial charge on any atom is -0.488 e. The van der Waals surface area contributed by atoms with Crippen LogP contribution < -0.4 is 4.74 Å². The van der Waals surface area contributed by atoms with Crippen LogP contribution in [0.4, 0.5) is 0 Å². The molecule has 1 aliphatic carbocycles. The van der Waals surface area contributed by atoms with Crippen molar-refractivity contribution in [2.45, 2.75) is 20.0 Å². The number of hydrogen-bond donors (Lipinski definition) is 0. The first-order valence-electron chi connectivity index (χ1n) is 8.08. The second-order valence-electron chi connectivity index (χ2n) is 5.85. The molecule has 0 saturated heterocycles. The van der Waals surface area contributed by atoms with Gasteiger partial charge in [-0.05, 0) is 48.3 Å². The predicted molar refractivity (Wildman–Crippen MR) is 97.3 cm³/mol. The molecule has 2 nitrogen and oxygen atoms in total. The quantitative estimate of drug-likeness (QED) is 0.541. The summed E-state index contributed by atoms with van der Waals surface area (Å²) < 4.78 is 5.92. The smallest absolute Gasteiger partial charge is 0.189 e. The van der Waals surface area contributed by atoms with Gasteiger partial charge in [0.25, 0.3) is 0 Å². The van der Waals surface area contributed by atoms with Crippen LogP contribution >= 0.6 is 0 Å². The van der Waals surface area contributed by atoms with Gasteiger partial charge in [0, 0.05) is 0 Å². The highest BCUT2D eigenvalue weighted by Crippen LogP contribution is 2.23. The lowest BCUT2D eigenvalue weighted by molar-refractivity contribution is 0.104. The second kappa shape index (κ2) is 7.60. The van der Waals surface area contributed by atoms with Crippen LogP contribution in [0.5, 0.6) is 5.75 Å². The van der Waals surface area contributed by atoms with Crippen LogP contribution in [0.25, 0.3) is 0 Å². The lowest BCUT2D eigenvalue weighted by atomic mass is 10.1. The minimum absolute atomic E-state index is 0.0362. The maximum Gasteiger partial charge on any atom is 0.189 e. The second-order valence-corrected chi connectivity index (χ2v) is 5.85. The molecule has 3 rings (SSSR count). The Kier molecular flexibility index (Phi) is 5.07. The molecule has 0 unspecified atom stereocenters. The molecule has 0 amide bonds. The third-order valence-electron chi connectivity index (χ3n) is 3.89. The van der Waals surface area contributed by atoms with Crippen molar-refractivity contribution in [1.29, 1.82) is 0 Å². The summed E-state index contributed by atoms with van der Waals surface area (Å²) in [7, 11) is 0. The van der Waals surface area contributed by atoms with E-state index < -0.39 is 0 Å². The van der Waals surface area contributed by atoms with Gasteiger partial charge in [0.1, 0.15) is 12.4 Å². The maximum absolute atomic E-state index is 12.5. The molecule has 0 spiro atoms. The first kappa shape index (κ1) is 16.0. The van der Waals surface area contributed by atoms with E-state index in [1.54, 1.807) is 6.08 Å². The highest BCUT2D eigenvalue weighted by Gasteiger charge is 2.11. The molecular weight excluding hydrogens is 296 g/mol. The fraction of sp³-hybridized carbons (Fsp3) is 0.136. The number of hydrogen-bond acceptors (Lipinski definition) is 2. The van der Waals surface area contributed by atoms with E-state index in [-0.39, 0.29) is 5.78 Å². The monoisotopic (exact) mass is 316 g/mol. The normalized spacial score (nSPS) is 13.3. The van der Waals surface area contributed by atoms with E-state index >= 15 is 0 Å². The van der Waals surface area contributed by atoms with Gasteiger partial charge in [-0.1, -0.05) is 60.7 Å². The maximum atomic E-state index is 12.5. The van der Waals surface area contributed by atoms with Gasteiger partial charge in [0.2, 0.25) is 0 Å². The zero-order chi connectivity index (χ0) is 16.8. The van der Waals surface area contributed by atoms with Crippen molar-refractivity contribution in [2.75, 3.05) is 0 Å². The summed E-state index contributed by atoms with van der Waals surface area (Å²) >= 11 is 0. The summed E-state index contributed by atoms with van der Waals surface area (Å²) in [6.07, 6.45) is 10.5. The lowest BCUT2D eigenvalue weighted by Crippen LogP contribution is -2.03. The highest BCUT2D eigenvalue weighted by atomic mass is 16.5. The lowest BCUT2D eigenvalue weighted by Gasteiger charge is -2.11. The molecule has 0 heterocycles. The molecular formula is C22H20O2. The Hall–Kier alpha value is -2.87. The van der Waals surface area contributed by atoms with Crippen LogP contribution in [0, 0.1) is 6.92 Å². The van der Waals surface area contributed by atoms with Crippen molar-refractivity contribution in [3.63, 3.8) is 0 Å². The molecule has 1 aliphatic rings. The van der Waals surface area contributed by atoms with Crippen molar-refractivity contribution in [1.82, 2.24) is 0 Å². The summed E-state index contributed by atoms with van der Waals surface area (Å²) in [5.41, 5.74) is 3.89. The van der Waals surface area contributed by atoms with Crippen molar-refractivity contribution >= 4 is 5.78 Å². The van der Waals surface area contributed by atoms with E-state index in [2.05, 4.69) is 6.08 Å². The van der Waals surface area contributed by atoms with Gasteiger partial charge in [-0.15, -0.1) is 0 Å². The number of carbonyl (C=O) groups is 1. The molecule has 0 atom stereocenters. The fourth-order valence-electron chi connectivity index (χ4n) is 2.55. The van der Waals surface area contributed by atoms with Crippen molar-refractivity contribution < 1.29 is 9.53 Å². The summed E-state index contributed by atoms with van der Waals surface area (Å²) in [4.78, 5) is 12.5. The van der Waals surface area contributed by atoms with E-state index in [1.807, 2.05) is 73.7 Å². The Morgan fingerprint density at radius 1 is 1.17 bits per heavy atom. The van der Waals surface area contributed by atoms with E-state index in [9.17, 15) is 4.79 Å². The van der Waals surface area contributed by atoms with E-state index in [0.29, 0.717) is 17.9 Å². The average molecular weight is 316 g/mol. The number of ether oxygens (including phenoxy) is 1. The molecule has 2 aromatic carbocycles. The molecule has 2 heteroatoms. The molecule has 0 N–H and O–H groups in total. The topological polar surface area (TPSA) is 26.3 Å². The van der Waals surface area contributed by atoms with E-state index in [1.165, 1.54) is 0 Å². The number of aryl methyl sites for hydroxylation is 1. The average Bonchev–Trinajstić information content (AvgIpc) is 3.12. The van der Waals surface area contributed by atoms with Crippen molar-refractivity contribution in [2.24, 2.45) is 0 Å². The predicted octanol–water partition coefficient (Wildman–Crippen LogP) is 5.20. The fourth-order valence-corrected chi connectivity index (χ4v) is 2.55. The minimum atomic E-state index is -0.0362. The van der Waals surface area contributed by atoms with Gasteiger partial charge >= 0.3 is 0 Å². The van der Waals surface area contributed by atoms with Crippen molar-refractivity contribution in [3.8, 4) is 5.75 Å². The third kappa shape index (κ3) is 4.11. The molecule has 0 bridgehead atoms. The Morgan fingerprint density at radius 3 is 2.75 bits per heavy atom. The van der Waals surface area contributed by atoms with Crippen molar-refractivity contribution in [3.05, 3.63) is 101 Å². The van der Waals surface area contributed by atoms with Gasteiger partial charge < -0.3 is 4.74 Å². The van der Waals surface area contributed by atoms with Gasteiger partial charge in [-0.2, -0.15) is 0 Å². The van der Waals surface area contributed by atoms with Gasteiger partial charge in [0.15, 0.2) is 5.78 Å². The number of benzene rings is 2. The number of carbonyl (C=O) groups excluding carboxylic acids is 1. The van der Waals surface area contributed by atoms with Crippen LogP contribution in [-0.4, -0.2) is 5.78 Å². The molecule has 0 fully saturated rings. The Labute approximate surface area is 142 Å². The SMILES string of the molecule is Cc1ccc(C(=O)/C=C/C2=CC=CC2)c(OCc2ccccc2)c1. The summed E-state index contributed by atoms with van der Waals surface area (Å²) in [5.74, 6) is 0.595. The molecule has 0 aliphatic heterocycles. The van der Waals surface area contributed by atoms with Gasteiger partial charge in [-0.25, -0.2) is 0 Å². The number of allylic oxidation sites excluding steroid dienone is 6. The van der Waals surface area contributed by atoms with Gasteiger partial charge in [0.05, 0.1) is 5.56 Å². The first-order chi connectivity index (χ1) is 11.7. The molecule has 0 radical (unpaired) electrons. The zero-order valence-electron chi connectivity index (χ0n) is 13.7. The number of ketones is 1. The zero-order valence-corrected chi connectivity index (χ0v) is 13.7. The molecule has 120 valence electrons. The molecule has 0 saturated carbocycles. The molecule has 2 aromatic rings. The van der Waals surface area contributed by atoms with E-state index in [0.717, 1.165) is 23.1 Å². The largest absolute Gasteiger partial charge is 0.488 e. The highest BCUT2D eigenvalue weighted by molar-refractivity contribution is 6.06. The van der Waals surface area contributed by atoms with E-state index in [4.69, 9.17) is 4.74 Å². The molecule has 0 aromatic heterocycles. The third-order valence-corrected chi connectivity index (χ3v) is 3.89. The Balaban J connectivity index is 1.76. The Bertz CT molecular complexity index is 811. The Morgan fingerprint density at radius 2 is 2.00 bits per heavy atom. The van der Waals surface area contributed by atoms with Gasteiger partial charge in [-0.3, -0.25) is 4.79 Å². The first-order valence-corrected chi connectivity index (χ1v) is 8.08. The molecule has 24 heavy (non-hydrogen) atoms. The van der Waals surface area contributed by atoms with Crippen LogP contribution in [0.3, 0.4) is 0 Å². The van der Waals surface area contributed by atoms with Crippen LogP contribution in [0.1, 0.15) is 27.9 Å². The standard InChI is InChI=1S/C22H20O2/c1-17-11-13-20(21(23)14-12-18-7-5-6-8-18)22(15-17)24-16-19-9-3-2-4-10-19/h2-7,9-15H,8,16H2,1H3/b14-12+. The van der Waals surface area contributed by atoms with Crippen LogP contribution in [-0.2, 0) is 6.61 Å². The summed E-state index contributed by atoms with van der Waals surface area (Å²) in [6, 6.07) is 15.6. The number of rotatable bonds is 6. The summed E-state index contributed by atoms with van der Waals surface area (Å²) in [6.45, 7) is 2.44. The van der Waals surface area contributed by atoms with Crippen LogP contribution in [0.2, 0.25) is 0 Å². The summed E-state index contributed by atoms with van der Waals surface area (Å²) in [5, 5.41) is 0. The van der Waals surface area contributed by atoms with Crippen LogP contribution in [0.15, 0.2) is 84.5 Å².